The lowest BCUT2D eigenvalue weighted by Gasteiger charge is -2.26. The quantitative estimate of drug-likeness (QED) is 0.407. The molecule has 2 aromatic rings. The van der Waals surface area contributed by atoms with Crippen molar-refractivity contribution in [3.63, 3.8) is 0 Å². The van der Waals surface area contributed by atoms with Gasteiger partial charge in [-0.1, -0.05) is 73.7 Å². The Bertz CT molecular complexity index is 841. The topological polar surface area (TPSA) is 46.6 Å². The van der Waals surface area contributed by atoms with Crippen molar-refractivity contribution in [3.05, 3.63) is 77.9 Å². The number of ether oxygens (including phenoxy) is 1. The lowest BCUT2D eigenvalue weighted by molar-refractivity contribution is -0.153. The smallest absolute Gasteiger partial charge is 0.328 e. The molecule has 2 atom stereocenters. The van der Waals surface area contributed by atoms with Gasteiger partial charge in [-0.05, 0) is 36.5 Å². The number of likely N-dealkylation sites (tertiary alicyclic amines) is 1. The molecule has 31 heavy (non-hydrogen) atoms. The van der Waals surface area contributed by atoms with Crippen LogP contribution in [0.15, 0.2) is 66.7 Å². The van der Waals surface area contributed by atoms with E-state index in [1.807, 2.05) is 19.1 Å². The summed E-state index contributed by atoms with van der Waals surface area (Å²) in [5, 5.41) is 0. The van der Waals surface area contributed by atoms with E-state index in [9.17, 15) is 9.59 Å². The summed E-state index contributed by atoms with van der Waals surface area (Å²) in [6.07, 6.45) is 3.80. The van der Waals surface area contributed by atoms with Gasteiger partial charge in [-0.25, -0.2) is 4.79 Å². The van der Waals surface area contributed by atoms with Gasteiger partial charge >= 0.3 is 5.97 Å². The number of hydrogen-bond acceptors (Lipinski definition) is 4. The Labute approximate surface area is 189 Å². The van der Waals surface area contributed by atoms with Crippen molar-refractivity contribution in [2.45, 2.75) is 32.7 Å². The maximum atomic E-state index is 12.9. The van der Waals surface area contributed by atoms with Crippen molar-refractivity contribution < 1.29 is 14.3 Å². The number of amides is 1. The van der Waals surface area contributed by atoms with Gasteiger partial charge in [0.15, 0.2) is 0 Å². The molecular weight excluding hydrogens is 406 g/mol. The van der Waals surface area contributed by atoms with Crippen LogP contribution in [0.3, 0.4) is 0 Å². The first-order valence-electron chi connectivity index (χ1n) is 11.0. The Hall–Kier alpha value is -2.53. The molecule has 0 radical (unpaired) electrons. The van der Waals surface area contributed by atoms with E-state index in [4.69, 9.17) is 4.74 Å². The molecule has 1 fully saturated rings. The number of carbonyl (C=O) groups is 2. The SMILES string of the molecule is CCOC(=O)C1CCCN1C(=O)C(C)CSCC=C(c1ccccc1)c1ccccc1. The van der Waals surface area contributed by atoms with Gasteiger partial charge in [-0.3, -0.25) is 4.79 Å². The maximum Gasteiger partial charge on any atom is 0.328 e. The molecule has 1 aliphatic rings. The maximum absolute atomic E-state index is 12.9. The van der Waals surface area contributed by atoms with E-state index >= 15 is 0 Å². The van der Waals surface area contributed by atoms with Crippen molar-refractivity contribution in [2.75, 3.05) is 24.7 Å². The molecule has 0 aromatic heterocycles. The van der Waals surface area contributed by atoms with Crippen LogP contribution in [0, 0.1) is 5.92 Å². The zero-order valence-electron chi connectivity index (χ0n) is 18.3. The van der Waals surface area contributed by atoms with Crippen LogP contribution in [-0.4, -0.2) is 47.5 Å². The number of nitrogens with zero attached hydrogens (tertiary/aromatic N) is 1. The van der Waals surface area contributed by atoms with E-state index in [-0.39, 0.29) is 17.8 Å². The molecule has 2 unspecified atom stereocenters. The van der Waals surface area contributed by atoms with Gasteiger partial charge in [0.2, 0.25) is 5.91 Å². The summed E-state index contributed by atoms with van der Waals surface area (Å²) in [4.78, 5) is 26.8. The second kappa shape index (κ2) is 11.8. The Morgan fingerprint density at radius 1 is 1.10 bits per heavy atom. The number of rotatable bonds is 9. The molecule has 0 N–H and O–H groups in total. The summed E-state index contributed by atoms with van der Waals surface area (Å²) in [7, 11) is 0. The molecule has 164 valence electrons. The first kappa shape index (κ1) is 23.1. The van der Waals surface area contributed by atoms with Crippen molar-refractivity contribution >= 4 is 29.2 Å². The summed E-state index contributed by atoms with van der Waals surface area (Å²) in [5.74, 6) is 1.19. The van der Waals surface area contributed by atoms with Crippen LogP contribution in [0.4, 0.5) is 0 Å². The molecule has 1 amide bonds. The molecule has 0 spiro atoms. The first-order chi connectivity index (χ1) is 15.1. The first-order valence-corrected chi connectivity index (χ1v) is 12.1. The van der Waals surface area contributed by atoms with Gasteiger partial charge in [0.05, 0.1) is 6.61 Å². The van der Waals surface area contributed by atoms with Gasteiger partial charge < -0.3 is 9.64 Å². The second-order valence-electron chi connectivity index (χ2n) is 7.73. The average Bonchev–Trinajstić information content (AvgIpc) is 3.30. The molecule has 2 aromatic carbocycles. The molecule has 0 bridgehead atoms. The highest BCUT2D eigenvalue weighted by atomic mass is 32.2. The Morgan fingerprint density at radius 2 is 1.71 bits per heavy atom. The van der Waals surface area contributed by atoms with Gasteiger partial charge in [0, 0.05) is 24.0 Å². The Balaban J connectivity index is 1.59. The van der Waals surface area contributed by atoms with Crippen LogP contribution in [0.2, 0.25) is 0 Å². The molecular formula is C26H31NO3S. The Kier molecular flexibility index (Phi) is 8.77. The van der Waals surface area contributed by atoms with Crippen molar-refractivity contribution in [2.24, 2.45) is 5.92 Å². The van der Waals surface area contributed by atoms with E-state index < -0.39 is 6.04 Å². The van der Waals surface area contributed by atoms with E-state index in [1.165, 1.54) is 16.7 Å². The molecule has 1 heterocycles. The number of benzene rings is 2. The minimum atomic E-state index is -0.414. The summed E-state index contributed by atoms with van der Waals surface area (Å²) in [6, 6.07) is 20.3. The molecule has 1 saturated heterocycles. The van der Waals surface area contributed by atoms with Gasteiger partial charge in [-0.2, -0.15) is 11.8 Å². The highest BCUT2D eigenvalue weighted by Crippen LogP contribution is 2.25. The zero-order valence-corrected chi connectivity index (χ0v) is 19.1. The number of esters is 1. The van der Waals surface area contributed by atoms with E-state index in [0.29, 0.717) is 19.6 Å². The lowest BCUT2D eigenvalue weighted by atomic mass is 9.98. The average molecular weight is 438 g/mol. The highest BCUT2D eigenvalue weighted by Gasteiger charge is 2.36. The minimum absolute atomic E-state index is 0.0541. The minimum Gasteiger partial charge on any atom is -0.464 e. The molecule has 0 saturated carbocycles. The van der Waals surface area contributed by atoms with E-state index in [2.05, 4.69) is 54.6 Å². The number of hydrogen-bond donors (Lipinski definition) is 0. The zero-order chi connectivity index (χ0) is 22.1. The summed E-state index contributed by atoms with van der Waals surface area (Å²) >= 11 is 1.75. The monoisotopic (exact) mass is 437 g/mol. The molecule has 4 nitrogen and oxygen atoms in total. The fourth-order valence-corrected chi connectivity index (χ4v) is 4.81. The van der Waals surface area contributed by atoms with Crippen LogP contribution in [0.25, 0.3) is 5.57 Å². The van der Waals surface area contributed by atoms with E-state index in [1.54, 1.807) is 23.6 Å². The fourth-order valence-electron chi connectivity index (χ4n) is 3.89. The third kappa shape index (κ3) is 6.23. The highest BCUT2D eigenvalue weighted by molar-refractivity contribution is 7.99. The van der Waals surface area contributed by atoms with Crippen LogP contribution >= 0.6 is 11.8 Å². The predicted octanol–water partition coefficient (Wildman–Crippen LogP) is 5.04. The van der Waals surface area contributed by atoms with Crippen LogP contribution < -0.4 is 0 Å². The molecule has 5 heteroatoms. The molecule has 1 aliphatic heterocycles. The van der Waals surface area contributed by atoms with Crippen molar-refractivity contribution in [1.82, 2.24) is 4.90 Å². The van der Waals surface area contributed by atoms with E-state index in [0.717, 1.165) is 17.9 Å². The largest absolute Gasteiger partial charge is 0.464 e. The fraction of sp³-hybridized carbons (Fsp3) is 0.385. The third-order valence-electron chi connectivity index (χ3n) is 5.46. The summed E-state index contributed by atoms with van der Waals surface area (Å²) in [6.45, 7) is 4.74. The summed E-state index contributed by atoms with van der Waals surface area (Å²) in [5.41, 5.74) is 3.58. The van der Waals surface area contributed by atoms with Crippen LogP contribution in [0.1, 0.15) is 37.8 Å². The standard InChI is InChI=1S/C26H31NO3S/c1-3-30-26(29)24-15-10-17-27(24)25(28)20(2)19-31-18-16-23(21-11-6-4-7-12-21)22-13-8-5-9-14-22/h4-9,11-14,16,20,24H,3,10,15,17-19H2,1-2H3. The van der Waals surface area contributed by atoms with Crippen molar-refractivity contribution in [3.8, 4) is 0 Å². The Morgan fingerprint density at radius 3 is 2.29 bits per heavy atom. The lowest BCUT2D eigenvalue weighted by Crippen LogP contribution is -2.44. The molecule has 3 rings (SSSR count). The second-order valence-corrected chi connectivity index (χ2v) is 8.80. The number of thioether (sulfide) groups is 1. The number of carbonyl (C=O) groups excluding carboxylic acids is 2. The van der Waals surface area contributed by atoms with Gasteiger partial charge in [-0.15, -0.1) is 0 Å². The summed E-state index contributed by atoms with van der Waals surface area (Å²) < 4.78 is 5.15. The van der Waals surface area contributed by atoms with Gasteiger partial charge in [0.1, 0.15) is 6.04 Å². The third-order valence-corrected chi connectivity index (χ3v) is 6.60. The van der Waals surface area contributed by atoms with Crippen LogP contribution in [-0.2, 0) is 14.3 Å². The predicted molar refractivity (Wildman–Crippen MR) is 128 cm³/mol. The van der Waals surface area contributed by atoms with Crippen molar-refractivity contribution in [1.29, 1.82) is 0 Å². The van der Waals surface area contributed by atoms with Gasteiger partial charge in [0.25, 0.3) is 0 Å². The van der Waals surface area contributed by atoms with Crippen LogP contribution in [0.5, 0.6) is 0 Å². The molecule has 0 aliphatic carbocycles. The normalized spacial score (nSPS) is 16.6.